The monoisotopic (exact) mass is 491 g/mol. The number of hydrogen-bond donors (Lipinski definition) is 1. The fourth-order valence-corrected chi connectivity index (χ4v) is 5.89. The molecule has 178 valence electrons. The Kier molecular flexibility index (Phi) is 7.09. The maximum absolute atomic E-state index is 13.3. The first kappa shape index (κ1) is 23.8. The van der Waals surface area contributed by atoms with Crippen LogP contribution in [0.25, 0.3) is 0 Å². The first-order valence-corrected chi connectivity index (χ1v) is 13.7. The van der Waals surface area contributed by atoms with Gasteiger partial charge >= 0.3 is 0 Å². The van der Waals surface area contributed by atoms with Gasteiger partial charge in [-0.25, -0.2) is 18.4 Å². The van der Waals surface area contributed by atoms with Crippen molar-refractivity contribution in [1.29, 1.82) is 0 Å². The Hall–Kier alpha value is -2.39. The number of benzene rings is 1. The first-order chi connectivity index (χ1) is 15.8. The third-order valence-corrected chi connectivity index (χ3v) is 8.01. The summed E-state index contributed by atoms with van der Waals surface area (Å²) in [6.45, 7) is 4.49. The van der Waals surface area contributed by atoms with E-state index in [4.69, 9.17) is 11.6 Å². The van der Waals surface area contributed by atoms with Crippen molar-refractivity contribution in [1.82, 2.24) is 14.9 Å². The Balaban J connectivity index is 1.37. The van der Waals surface area contributed by atoms with Crippen LogP contribution in [0.1, 0.15) is 38.2 Å². The van der Waals surface area contributed by atoms with E-state index in [9.17, 15) is 13.2 Å². The van der Waals surface area contributed by atoms with Crippen molar-refractivity contribution in [2.45, 2.75) is 56.0 Å². The van der Waals surface area contributed by atoms with Gasteiger partial charge in [0.1, 0.15) is 6.04 Å². The lowest BCUT2D eigenvalue weighted by molar-refractivity contribution is -0.137. The minimum absolute atomic E-state index is 0.0892. The molecule has 0 saturated carbocycles. The smallest absolute Gasteiger partial charge is 0.245 e. The number of carbonyl (C=O) groups excluding carboxylic acids is 1. The molecule has 0 aliphatic carbocycles. The largest absolute Gasteiger partial charge is 0.374 e. The predicted octanol–water partition coefficient (Wildman–Crippen LogP) is 3.17. The lowest BCUT2D eigenvalue weighted by atomic mass is 9.97. The van der Waals surface area contributed by atoms with Crippen molar-refractivity contribution >= 4 is 39.0 Å². The third kappa shape index (κ3) is 5.41. The molecule has 1 N–H and O–H groups in total. The fraction of sp³-hybridized carbons (Fsp3) is 0.522. The van der Waals surface area contributed by atoms with Crippen LogP contribution >= 0.6 is 11.6 Å². The Morgan fingerprint density at radius 1 is 1.12 bits per heavy atom. The number of likely N-dealkylation sites (tertiary alicyclic amines) is 1. The van der Waals surface area contributed by atoms with E-state index in [0.29, 0.717) is 5.69 Å². The normalized spacial score (nSPS) is 20.2. The van der Waals surface area contributed by atoms with Crippen LogP contribution in [0.4, 0.5) is 11.6 Å². The van der Waals surface area contributed by atoms with Gasteiger partial charge < -0.3 is 15.1 Å². The second-order valence-electron chi connectivity index (χ2n) is 8.75. The number of anilines is 2. The molecule has 1 atom stereocenters. The predicted molar refractivity (Wildman–Crippen MR) is 130 cm³/mol. The van der Waals surface area contributed by atoms with E-state index in [0.717, 1.165) is 69.5 Å². The van der Waals surface area contributed by atoms with Crippen LogP contribution in [0, 0.1) is 0 Å². The third-order valence-electron chi connectivity index (χ3n) is 6.43. The molecule has 2 aliphatic heterocycles. The highest BCUT2D eigenvalue weighted by Crippen LogP contribution is 2.28. The highest BCUT2D eigenvalue weighted by atomic mass is 35.5. The van der Waals surface area contributed by atoms with E-state index < -0.39 is 9.84 Å². The summed E-state index contributed by atoms with van der Waals surface area (Å²) in [4.78, 5) is 26.5. The van der Waals surface area contributed by atoms with Crippen molar-refractivity contribution in [2.75, 3.05) is 36.1 Å². The number of sulfone groups is 1. The summed E-state index contributed by atoms with van der Waals surface area (Å²) >= 11 is 6.17. The molecule has 2 fully saturated rings. The standard InChI is InChI=1S/C23H30ClN5O3S/c1-3-16-14-25-23(26-15-16)28-11-8-18(9-12-28)29-10-4-5-20(22(29)30)27-17-6-7-21(19(24)13-17)33(2,31)32/h6-7,13-15,18,20,27H,3-5,8-12H2,1-2H3/t20-/m0/s1. The number of aromatic nitrogens is 2. The number of halogens is 1. The molecule has 8 nitrogen and oxygen atoms in total. The van der Waals surface area contributed by atoms with E-state index >= 15 is 0 Å². The van der Waals surface area contributed by atoms with E-state index in [1.807, 2.05) is 17.3 Å². The average Bonchev–Trinajstić information content (AvgIpc) is 2.80. The van der Waals surface area contributed by atoms with Gasteiger partial charge in [0.2, 0.25) is 11.9 Å². The Bertz CT molecular complexity index is 1100. The van der Waals surface area contributed by atoms with Gasteiger partial charge in [0.25, 0.3) is 0 Å². The molecule has 1 aromatic carbocycles. The van der Waals surface area contributed by atoms with Crippen molar-refractivity contribution in [3.8, 4) is 0 Å². The summed E-state index contributed by atoms with van der Waals surface area (Å²) in [6.07, 6.45) is 9.22. The highest BCUT2D eigenvalue weighted by molar-refractivity contribution is 7.90. The zero-order valence-corrected chi connectivity index (χ0v) is 20.6. The van der Waals surface area contributed by atoms with Crippen LogP contribution in [0.5, 0.6) is 0 Å². The number of carbonyl (C=O) groups is 1. The molecule has 33 heavy (non-hydrogen) atoms. The molecular formula is C23H30ClN5O3S. The highest BCUT2D eigenvalue weighted by Gasteiger charge is 2.35. The molecule has 1 aromatic heterocycles. The molecule has 1 amide bonds. The van der Waals surface area contributed by atoms with E-state index in [1.54, 1.807) is 12.1 Å². The number of amides is 1. The summed E-state index contributed by atoms with van der Waals surface area (Å²) < 4.78 is 23.6. The van der Waals surface area contributed by atoms with Crippen molar-refractivity contribution < 1.29 is 13.2 Å². The van der Waals surface area contributed by atoms with Gasteiger partial charge in [-0.1, -0.05) is 18.5 Å². The van der Waals surface area contributed by atoms with Crippen molar-refractivity contribution in [3.63, 3.8) is 0 Å². The molecule has 2 aromatic rings. The van der Waals surface area contributed by atoms with Gasteiger partial charge in [-0.15, -0.1) is 0 Å². The van der Waals surface area contributed by atoms with Crippen LogP contribution < -0.4 is 10.2 Å². The molecular weight excluding hydrogens is 462 g/mol. The molecule has 0 radical (unpaired) electrons. The number of nitrogens with one attached hydrogen (secondary N) is 1. The molecule has 0 bridgehead atoms. The Morgan fingerprint density at radius 2 is 1.82 bits per heavy atom. The molecule has 10 heteroatoms. The quantitative estimate of drug-likeness (QED) is 0.663. The lowest BCUT2D eigenvalue weighted by Crippen LogP contribution is -2.54. The first-order valence-electron chi connectivity index (χ1n) is 11.4. The minimum atomic E-state index is -3.39. The number of nitrogens with zero attached hydrogens (tertiary/aromatic N) is 4. The van der Waals surface area contributed by atoms with E-state index in [2.05, 4.69) is 27.1 Å². The van der Waals surface area contributed by atoms with Gasteiger partial charge in [-0.3, -0.25) is 4.79 Å². The maximum atomic E-state index is 13.3. The summed E-state index contributed by atoms with van der Waals surface area (Å²) in [5.74, 6) is 0.844. The number of aryl methyl sites for hydroxylation is 1. The van der Waals surface area contributed by atoms with Crippen LogP contribution in [-0.4, -0.2) is 67.2 Å². The van der Waals surface area contributed by atoms with Crippen LogP contribution in [0.15, 0.2) is 35.5 Å². The molecule has 2 aliphatic rings. The van der Waals surface area contributed by atoms with Gasteiger partial charge in [0, 0.05) is 50.0 Å². The molecule has 3 heterocycles. The van der Waals surface area contributed by atoms with Crippen LogP contribution in [-0.2, 0) is 21.1 Å². The van der Waals surface area contributed by atoms with Crippen LogP contribution in [0.2, 0.25) is 5.02 Å². The van der Waals surface area contributed by atoms with Crippen molar-refractivity contribution in [3.05, 3.63) is 41.2 Å². The summed E-state index contributed by atoms with van der Waals surface area (Å²) in [5.41, 5.74) is 1.77. The lowest BCUT2D eigenvalue weighted by Gasteiger charge is -2.42. The van der Waals surface area contributed by atoms with Crippen LogP contribution in [0.3, 0.4) is 0 Å². The van der Waals surface area contributed by atoms with Gasteiger partial charge in [-0.2, -0.15) is 0 Å². The number of piperidine rings is 2. The number of rotatable bonds is 6. The Labute approximate surface area is 200 Å². The zero-order valence-electron chi connectivity index (χ0n) is 19.0. The fourth-order valence-electron chi connectivity index (χ4n) is 4.56. The second-order valence-corrected chi connectivity index (χ2v) is 11.1. The molecule has 0 unspecified atom stereocenters. The van der Waals surface area contributed by atoms with Gasteiger partial charge in [0.05, 0.1) is 9.92 Å². The topological polar surface area (TPSA) is 95.5 Å². The SMILES string of the molecule is CCc1cnc(N2CCC(N3CCC[C@H](Nc4ccc(S(C)(=O)=O)c(Cl)c4)C3=O)CC2)nc1. The molecule has 2 saturated heterocycles. The summed E-state index contributed by atoms with van der Waals surface area (Å²) in [6, 6.07) is 4.57. The summed E-state index contributed by atoms with van der Waals surface area (Å²) in [5, 5.41) is 3.42. The molecule has 0 spiro atoms. The Morgan fingerprint density at radius 3 is 2.42 bits per heavy atom. The van der Waals surface area contributed by atoms with E-state index in [-0.39, 0.29) is 27.9 Å². The molecule has 4 rings (SSSR count). The maximum Gasteiger partial charge on any atom is 0.245 e. The number of hydrogen-bond acceptors (Lipinski definition) is 7. The van der Waals surface area contributed by atoms with E-state index in [1.165, 1.54) is 6.07 Å². The van der Waals surface area contributed by atoms with Gasteiger partial charge in [-0.05, 0) is 55.9 Å². The van der Waals surface area contributed by atoms with Crippen molar-refractivity contribution in [2.24, 2.45) is 0 Å². The average molecular weight is 492 g/mol. The zero-order chi connectivity index (χ0) is 23.6. The second kappa shape index (κ2) is 9.85. The summed E-state index contributed by atoms with van der Waals surface area (Å²) in [7, 11) is -3.39. The van der Waals surface area contributed by atoms with Gasteiger partial charge in [0.15, 0.2) is 9.84 Å². The minimum Gasteiger partial charge on any atom is -0.374 e.